The van der Waals surface area contributed by atoms with Crippen molar-refractivity contribution < 1.29 is 32.7 Å². The molecule has 1 aromatic rings. The first kappa shape index (κ1) is 15.4. The van der Waals surface area contributed by atoms with Crippen molar-refractivity contribution in [2.75, 3.05) is 6.61 Å². The number of aliphatic hydroxyl groups excluding tert-OH is 3. The fourth-order valence-corrected chi connectivity index (χ4v) is 2.71. The zero-order valence-electron chi connectivity index (χ0n) is 10.7. The van der Waals surface area contributed by atoms with Crippen LogP contribution in [0.25, 0.3) is 0 Å². The second-order valence-corrected chi connectivity index (χ2v) is 6.21. The number of hydrogen-bond acceptors (Lipinski definition) is 7. The number of aliphatic hydroxyl groups is 3. The summed E-state index contributed by atoms with van der Waals surface area (Å²) in [5.41, 5.74) is 0.907. The molecule has 3 N–H and O–H groups in total. The summed E-state index contributed by atoms with van der Waals surface area (Å²) in [5, 5.41) is 28.0. The van der Waals surface area contributed by atoms with Crippen LogP contribution >= 0.6 is 0 Å². The van der Waals surface area contributed by atoms with Crippen LogP contribution in [0.4, 0.5) is 0 Å². The molecule has 0 bridgehead atoms. The molecule has 20 heavy (non-hydrogen) atoms. The van der Waals surface area contributed by atoms with Crippen LogP contribution in [0.5, 0.6) is 0 Å². The highest BCUT2D eigenvalue weighted by Gasteiger charge is 2.42. The molecule has 7 nitrogen and oxygen atoms in total. The van der Waals surface area contributed by atoms with Crippen LogP contribution in [0.2, 0.25) is 0 Å². The van der Waals surface area contributed by atoms with Crippen molar-refractivity contribution in [2.45, 2.75) is 36.4 Å². The molecular formula is C12H16O7S. The zero-order valence-corrected chi connectivity index (χ0v) is 11.5. The van der Waals surface area contributed by atoms with Gasteiger partial charge in [-0.25, -0.2) is 0 Å². The molecule has 1 aliphatic heterocycles. The van der Waals surface area contributed by atoms with E-state index in [1.807, 2.05) is 6.92 Å². The van der Waals surface area contributed by atoms with Crippen molar-refractivity contribution in [1.82, 2.24) is 0 Å². The molecule has 8 heteroatoms. The minimum atomic E-state index is -3.98. The van der Waals surface area contributed by atoms with Gasteiger partial charge in [0, 0.05) is 0 Å². The van der Waals surface area contributed by atoms with E-state index >= 15 is 0 Å². The summed E-state index contributed by atoms with van der Waals surface area (Å²) in [4.78, 5) is -0.0170. The van der Waals surface area contributed by atoms with Crippen molar-refractivity contribution in [3.05, 3.63) is 29.8 Å². The van der Waals surface area contributed by atoms with Crippen LogP contribution in [-0.4, -0.2) is 54.9 Å². The average Bonchev–Trinajstić information content (AvgIpc) is 2.64. The van der Waals surface area contributed by atoms with Gasteiger partial charge < -0.3 is 20.1 Å². The maximum Gasteiger partial charge on any atom is 0.297 e. The van der Waals surface area contributed by atoms with E-state index in [0.717, 1.165) is 5.56 Å². The standard InChI is InChI=1S/C12H16O7S/c1-7-2-4-8(5-3-7)20(16,17)18-6-9-10(13)11(14)12(15)19-9/h2-5,9-15H,6H2,1H3/t9?,10?,11-,12?/m0/s1. The first-order valence-corrected chi connectivity index (χ1v) is 7.38. The lowest BCUT2D eigenvalue weighted by atomic mass is 10.1. The SMILES string of the molecule is Cc1ccc(S(=O)(=O)OCC2OC(O)[C@@H](O)C2O)cc1. The van der Waals surface area contributed by atoms with Gasteiger partial charge in [0.25, 0.3) is 10.1 Å². The predicted molar refractivity (Wildman–Crippen MR) is 67.2 cm³/mol. The highest BCUT2D eigenvalue weighted by Crippen LogP contribution is 2.21. The predicted octanol–water partition coefficient (Wildman–Crippen LogP) is -0.861. The Balaban J connectivity index is 2.01. The lowest BCUT2D eigenvalue weighted by molar-refractivity contribution is -0.131. The van der Waals surface area contributed by atoms with Gasteiger partial charge in [-0.05, 0) is 19.1 Å². The molecule has 0 radical (unpaired) electrons. The monoisotopic (exact) mass is 304 g/mol. The van der Waals surface area contributed by atoms with Gasteiger partial charge in [0.2, 0.25) is 0 Å². The van der Waals surface area contributed by atoms with Crippen molar-refractivity contribution in [1.29, 1.82) is 0 Å². The molecule has 1 aliphatic rings. The zero-order chi connectivity index (χ0) is 14.9. The average molecular weight is 304 g/mol. The van der Waals surface area contributed by atoms with E-state index in [4.69, 9.17) is 8.92 Å². The molecule has 3 unspecified atom stereocenters. The molecule has 1 saturated heterocycles. The topological polar surface area (TPSA) is 113 Å². The van der Waals surface area contributed by atoms with Gasteiger partial charge in [-0.15, -0.1) is 0 Å². The Morgan fingerprint density at radius 2 is 1.75 bits per heavy atom. The molecular weight excluding hydrogens is 288 g/mol. The van der Waals surface area contributed by atoms with E-state index in [-0.39, 0.29) is 4.90 Å². The van der Waals surface area contributed by atoms with Crippen molar-refractivity contribution in [2.24, 2.45) is 0 Å². The molecule has 0 spiro atoms. The fourth-order valence-electron chi connectivity index (χ4n) is 1.80. The smallest absolute Gasteiger partial charge is 0.297 e. The van der Waals surface area contributed by atoms with Crippen LogP contribution in [0, 0.1) is 6.92 Å². The second kappa shape index (κ2) is 5.76. The molecule has 0 saturated carbocycles. The number of rotatable bonds is 4. The first-order valence-electron chi connectivity index (χ1n) is 5.97. The summed E-state index contributed by atoms with van der Waals surface area (Å²) < 4.78 is 33.3. The van der Waals surface area contributed by atoms with Crippen LogP contribution in [-0.2, 0) is 19.0 Å². The van der Waals surface area contributed by atoms with Gasteiger partial charge in [0.1, 0.15) is 18.3 Å². The first-order chi connectivity index (χ1) is 9.31. The third kappa shape index (κ3) is 3.17. The minimum absolute atomic E-state index is 0.0170. The summed E-state index contributed by atoms with van der Waals surface area (Å²) in [5.74, 6) is 0. The van der Waals surface area contributed by atoms with Gasteiger partial charge in [-0.1, -0.05) is 17.7 Å². The van der Waals surface area contributed by atoms with Crippen LogP contribution in [0.1, 0.15) is 5.56 Å². The van der Waals surface area contributed by atoms with Crippen LogP contribution in [0.3, 0.4) is 0 Å². The quantitative estimate of drug-likeness (QED) is 0.620. The highest BCUT2D eigenvalue weighted by atomic mass is 32.2. The number of aryl methyl sites for hydroxylation is 1. The van der Waals surface area contributed by atoms with E-state index in [1.54, 1.807) is 12.1 Å². The minimum Gasteiger partial charge on any atom is -0.387 e. The lowest BCUT2D eigenvalue weighted by Crippen LogP contribution is -2.34. The second-order valence-electron chi connectivity index (χ2n) is 4.60. The van der Waals surface area contributed by atoms with Crippen molar-refractivity contribution in [3.63, 3.8) is 0 Å². The maximum absolute atomic E-state index is 11.9. The van der Waals surface area contributed by atoms with Gasteiger partial charge in [-0.2, -0.15) is 8.42 Å². The largest absolute Gasteiger partial charge is 0.387 e. The number of ether oxygens (including phenoxy) is 1. The molecule has 112 valence electrons. The van der Waals surface area contributed by atoms with Gasteiger partial charge >= 0.3 is 0 Å². The molecule has 1 aromatic carbocycles. The third-order valence-corrected chi connectivity index (χ3v) is 4.33. The molecule has 0 aliphatic carbocycles. The summed E-state index contributed by atoms with van der Waals surface area (Å²) in [6.45, 7) is 1.33. The van der Waals surface area contributed by atoms with Crippen molar-refractivity contribution >= 4 is 10.1 Å². The van der Waals surface area contributed by atoms with Crippen LogP contribution < -0.4 is 0 Å². The van der Waals surface area contributed by atoms with E-state index < -0.39 is 41.3 Å². The molecule has 4 atom stereocenters. The number of benzene rings is 1. The summed E-state index contributed by atoms with van der Waals surface area (Å²) in [6.07, 6.45) is -5.55. The van der Waals surface area contributed by atoms with Crippen LogP contribution in [0.15, 0.2) is 29.2 Å². The van der Waals surface area contributed by atoms with E-state index in [2.05, 4.69) is 0 Å². The maximum atomic E-state index is 11.9. The Kier molecular flexibility index (Phi) is 4.43. The highest BCUT2D eigenvalue weighted by molar-refractivity contribution is 7.86. The summed E-state index contributed by atoms with van der Waals surface area (Å²) in [7, 11) is -3.98. The van der Waals surface area contributed by atoms with E-state index in [9.17, 15) is 23.7 Å². The summed E-state index contributed by atoms with van der Waals surface area (Å²) >= 11 is 0. The molecule has 0 amide bonds. The summed E-state index contributed by atoms with van der Waals surface area (Å²) in [6, 6.07) is 6.07. The molecule has 1 fully saturated rings. The van der Waals surface area contributed by atoms with E-state index in [0.29, 0.717) is 0 Å². The van der Waals surface area contributed by atoms with Gasteiger partial charge in [0.05, 0.1) is 11.5 Å². The Hall–Kier alpha value is -1.03. The Labute approximate surface area is 116 Å². The third-order valence-electron chi connectivity index (χ3n) is 3.03. The van der Waals surface area contributed by atoms with Crippen molar-refractivity contribution in [3.8, 4) is 0 Å². The Morgan fingerprint density at radius 3 is 2.25 bits per heavy atom. The fraction of sp³-hybridized carbons (Fsp3) is 0.500. The molecule has 2 rings (SSSR count). The van der Waals surface area contributed by atoms with Gasteiger partial charge in [-0.3, -0.25) is 4.18 Å². The normalized spacial score (nSPS) is 30.6. The Morgan fingerprint density at radius 1 is 1.15 bits per heavy atom. The molecule has 0 aromatic heterocycles. The van der Waals surface area contributed by atoms with Gasteiger partial charge in [0.15, 0.2) is 6.29 Å². The number of hydrogen-bond donors (Lipinski definition) is 3. The Bertz CT molecular complexity index is 554. The molecule has 1 heterocycles. The van der Waals surface area contributed by atoms with E-state index in [1.165, 1.54) is 12.1 Å². The lowest BCUT2D eigenvalue weighted by Gasteiger charge is -2.14.